The predicted octanol–water partition coefficient (Wildman–Crippen LogP) is 4.51. The Balaban J connectivity index is 1.54. The second kappa shape index (κ2) is 16.3. The van der Waals surface area contributed by atoms with Crippen molar-refractivity contribution in [2.45, 2.75) is 19.8 Å². The lowest BCUT2D eigenvalue weighted by Gasteiger charge is -2.12. The highest BCUT2D eigenvalue weighted by atomic mass is 32.2. The van der Waals surface area contributed by atoms with E-state index in [1.165, 1.54) is 30.3 Å². The molecule has 54 heavy (non-hydrogen) atoms. The highest BCUT2D eigenvalue weighted by molar-refractivity contribution is 7.98. The summed E-state index contributed by atoms with van der Waals surface area (Å²) >= 11 is 1.10. The number of nitrogens with zero attached hydrogens (tertiary/aromatic N) is 6. The molecule has 1 aromatic heterocycles. The molecule has 280 valence electrons. The van der Waals surface area contributed by atoms with Gasteiger partial charge in [0.1, 0.15) is 5.69 Å². The number of thiol groups is 1. The Hall–Kier alpha value is -6.05. The Kier molecular flexibility index (Phi) is 11.8. The van der Waals surface area contributed by atoms with Crippen LogP contribution in [0.5, 0.6) is 5.75 Å². The van der Waals surface area contributed by atoms with Crippen LogP contribution in [0.15, 0.2) is 120 Å². The van der Waals surface area contributed by atoms with Crippen LogP contribution in [0.3, 0.4) is 0 Å². The number of phenols is 1. The predicted molar refractivity (Wildman–Crippen MR) is 195 cm³/mol. The molecule has 7 N–H and O–H groups in total. The lowest BCUT2D eigenvalue weighted by molar-refractivity contribution is 0.0697. The first-order valence-corrected chi connectivity index (χ1v) is 19.9. The van der Waals surface area contributed by atoms with Gasteiger partial charge in [-0.1, -0.05) is 48.2 Å². The number of amidine groups is 1. The van der Waals surface area contributed by atoms with Crippen LogP contribution < -0.4 is 16.1 Å². The van der Waals surface area contributed by atoms with Crippen LogP contribution in [0.4, 0.5) is 34.6 Å². The molecule has 0 radical (unpaired) electrons. The molecule has 0 saturated heterocycles. The Morgan fingerprint density at radius 1 is 0.796 bits per heavy atom. The summed E-state index contributed by atoms with van der Waals surface area (Å²) in [5.74, 6) is -2.80. The van der Waals surface area contributed by atoms with Gasteiger partial charge >= 0.3 is 5.97 Å². The molecule has 0 saturated carbocycles. The minimum absolute atomic E-state index is 0.0247. The third-order valence-corrected chi connectivity index (χ3v) is 9.73. The zero-order valence-corrected chi connectivity index (χ0v) is 30.4. The summed E-state index contributed by atoms with van der Waals surface area (Å²) < 4.78 is 89.8. The van der Waals surface area contributed by atoms with E-state index in [2.05, 4.69) is 46.3 Å². The molecule has 0 spiro atoms. The van der Waals surface area contributed by atoms with Crippen LogP contribution in [-0.4, -0.2) is 77.6 Å². The zero-order chi connectivity index (χ0) is 39.2. The number of phenolic OH excluding ortho intramolecular Hbond substituents is 1. The maximum absolute atomic E-state index is 12.3. The maximum Gasteiger partial charge on any atom is 0.337 e. The molecular formula is C30H25N9O11S4. The first-order chi connectivity index (χ1) is 25.5. The molecule has 5 aromatic rings. The van der Waals surface area contributed by atoms with Crippen LogP contribution >= 0.6 is 11.8 Å². The van der Waals surface area contributed by atoms with Crippen LogP contribution in [-0.2, 0) is 30.9 Å². The second-order valence-electron chi connectivity index (χ2n) is 10.4. The number of nitrogens with one attached hydrogen (secondary N) is 3. The van der Waals surface area contributed by atoms with Crippen LogP contribution in [0.2, 0.25) is 0 Å². The summed E-state index contributed by atoms with van der Waals surface area (Å²) in [7, 11) is -12.5. The summed E-state index contributed by atoms with van der Waals surface area (Å²) in [4.78, 5) is 23.1. The van der Waals surface area contributed by atoms with Crippen LogP contribution in [0.25, 0.3) is 0 Å². The van der Waals surface area contributed by atoms with E-state index in [1.807, 2.05) is 0 Å². The fourth-order valence-corrected chi connectivity index (χ4v) is 6.17. The molecular weight excluding hydrogens is 791 g/mol. The summed E-state index contributed by atoms with van der Waals surface area (Å²) in [6.45, 7) is 0. The van der Waals surface area contributed by atoms with Gasteiger partial charge in [0.05, 0.1) is 31.6 Å². The monoisotopic (exact) mass is 815 g/mol. The van der Waals surface area contributed by atoms with Crippen molar-refractivity contribution in [2.75, 3.05) is 22.3 Å². The molecule has 0 unspecified atom stereocenters. The molecule has 0 amide bonds. The Bertz CT molecular complexity index is 2620. The average molecular weight is 816 g/mol. The molecule has 4 aromatic carbocycles. The van der Waals surface area contributed by atoms with Crippen molar-refractivity contribution in [2.24, 2.45) is 15.3 Å². The minimum Gasteiger partial charge on any atom is -0.504 e. The fraction of sp³-hybridized carbons (Fsp3) is 0.0333. The highest BCUT2D eigenvalue weighted by Crippen LogP contribution is 2.39. The van der Waals surface area contributed by atoms with Gasteiger partial charge in [0.25, 0.3) is 20.2 Å². The van der Waals surface area contributed by atoms with Crippen molar-refractivity contribution in [3.05, 3.63) is 96.1 Å². The van der Waals surface area contributed by atoms with E-state index in [0.29, 0.717) is 11.8 Å². The molecule has 1 heterocycles. The first-order valence-electron chi connectivity index (χ1n) is 14.6. The third kappa shape index (κ3) is 9.88. The number of hydrazone groups is 1. The standard InChI is InChI=1S/C30H25N9O11S4/c1-51-30-34-28(31-17-8-5-9-18(12-17)52(43)44)33-29(35-30)32-23-14-20(54(48,49)50)15-24(25(23)40)37-39-26(16-6-3-2-4-7-16)38-36-22-11-10-19(53(45,46)47)13-21(22)27(41)42/h2-15,36,40,52H,1H3,(H,41,42)(H,45,46,47)(H,48,49,50)(H2,31,32,33,34,35)/b38-26-,39-37+. The zero-order valence-electron chi connectivity index (χ0n) is 27.1. The summed E-state index contributed by atoms with van der Waals surface area (Å²) in [6, 6.07) is 18.1. The molecule has 0 fully saturated rings. The molecule has 0 aliphatic carbocycles. The van der Waals surface area contributed by atoms with Gasteiger partial charge in [0, 0.05) is 11.3 Å². The van der Waals surface area contributed by atoms with Gasteiger partial charge in [-0.05, 0) is 54.8 Å². The number of rotatable bonds is 13. The second-order valence-corrected chi connectivity index (χ2v) is 15.1. The smallest absolute Gasteiger partial charge is 0.337 e. The van der Waals surface area contributed by atoms with Gasteiger partial charge < -0.3 is 20.8 Å². The van der Waals surface area contributed by atoms with E-state index >= 15 is 0 Å². The van der Waals surface area contributed by atoms with E-state index in [9.17, 15) is 49.4 Å². The number of aromatic nitrogens is 3. The maximum atomic E-state index is 12.3. The first kappa shape index (κ1) is 39.2. The van der Waals surface area contributed by atoms with Gasteiger partial charge in [0.15, 0.2) is 21.6 Å². The highest BCUT2D eigenvalue weighted by Gasteiger charge is 2.20. The van der Waals surface area contributed by atoms with Crippen molar-refractivity contribution in [3.63, 3.8) is 0 Å². The summed E-state index contributed by atoms with van der Waals surface area (Å²) in [6.07, 6.45) is 1.65. The lowest BCUT2D eigenvalue weighted by atomic mass is 10.2. The number of benzene rings is 4. The van der Waals surface area contributed by atoms with Gasteiger partial charge in [-0.2, -0.15) is 36.9 Å². The molecule has 0 bridgehead atoms. The fourth-order valence-electron chi connectivity index (χ4n) is 4.32. The van der Waals surface area contributed by atoms with Crippen molar-refractivity contribution in [1.82, 2.24) is 15.0 Å². The van der Waals surface area contributed by atoms with Crippen molar-refractivity contribution >= 4 is 89.2 Å². The Morgan fingerprint density at radius 3 is 2.11 bits per heavy atom. The Morgan fingerprint density at radius 2 is 1.48 bits per heavy atom. The number of carboxylic acids is 1. The number of thioether (sulfide) groups is 1. The number of hydrogen-bond donors (Lipinski definition) is 8. The normalized spacial score (nSPS) is 12.2. The molecule has 5 rings (SSSR count). The summed E-state index contributed by atoms with van der Waals surface area (Å²) in [5.41, 5.74) is 1.37. The quantitative estimate of drug-likeness (QED) is 0.0118. The number of carbonyl (C=O) groups is 1. The number of carboxylic acid groups (broad SMARTS) is 1. The Labute approximate surface area is 311 Å². The number of hydrogen-bond acceptors (Lipinski definition) is 17. The SMILES string of the molecule is CSc1nc(Nc2cccc([SH](=O)=O)c2)nc(Nc2cc(S(=O)(=O)O)cc(/N=N/C(=N\Nc3ccc(S(=O)(=O)O)cc3C(=O)O)c3ccccc3)c2O)n1. The molecule has 0 atom stereocenters. The van der Waals surface area contributed by atoms with E-state index in [-0.39, 0.29) is 44.7 Å². The van der Waals surface area contributed by atoms with Crippen LogP contribution in [0, 0.1) is 0 Å². The number of azo groups is 1. The number of aromatic hydroxyl groups is 1. The van der Waals surface area contributed by atoms with E-state index in [1.54, 1.807) is 30.5 Å². The lowest BCUT2D eigenvalue weighted by Crippen LogP contribution is -2.08. The topological polar surface area (TPSA) is 312 Å². The number of anilines is 5. The summed E-state index contributed by atoms with van der Waals surface area (Å²) in [5, 5.41) is 38.5. The van der Waals surface area contributed by atoms with Crippen LogP contribution in [0.1, 0.15) is 15.9 Å². The van der Waals surface area contributed by atoms with Gasteiger partial charge in [0.2, 0.25) is 17.7 Å². The van der Waals surface area contributed by atoms with Crippen molar-refractivity contribution in [1.29, 1.82) is 0 Å². The van der Waals surface area contributed by atoms with E-state index < -0.39 is 63.7 Å². The van der Waals surface area contributed by atoms with E-state index in [0.717, 1.165) is 36.0 Å². The largest absolute Gasteiger partial charge is 0.504 e. The molecule has 20 nitrogen and oxygen atoms in total. The van der Waals surface area contributed by atoms with Gasteiger partial charge in [-0.3, -0.25) is 14.5 Å². The van der Waals surface area contributed by atoms with Gasteiger partial charge in [-0.25, -0.2) is 13.2 Å². The average Bonchev–Trinajstić information content (AvgIpc) is 3.12. The van der Waals surface area contributed by atoms with Gasteiger partial charge in [-0.15, -0.1) is 10.2 Å². The molecule has 0 aliphatic heterocycles. The van der Waals surface area contributed by atoms with Crippen molar-refractivity contribution in [3.8, 4) is 5.75 Å². The third-order valence-electron chi connectivity index (χ3n) is 6.80. The number of aromatic carboxylic acids is 1. The molecule has 0 aliphatic rings. The molecule has 24 heteroatoms. The minimum atomic E-state index is -4.92. The van der Waals surface area contributed by atoms with E-state index in [4.69, 9.17) is 0 Å². The van der Waals surface area contributed by atoms with Crippen molar-refractivity contribution < 1.29 is 49.4 Å².